The van der Waals surface area contributed by atoms with Gasteiger partial charge in [0.1, 0.15) is 11.4 Å². The number of thioether (sulfide) groups is 1. The van der Waals surface area contributed by atoms with Gasteiger partial charge >= 0.3 is 0 Å². The highest BCUT2D eigenvalue weighted by Gasteiger charge is 2.24. The van der Waals surface area contributed by atoms with E-state index in [0.717, 1.165) is 11.8 Å². The summed E-state index contributed by atoms with van der Waals surface area (Å²) in [5.41, 5.74) is -0.318. The molecule has 4 aromatic carbocycles. The van der Waals surface area contributed by atoms with Crippen LogP contribution in [0.1, 0.15) is 22.8 Å². The lowest BCUT2D eigenvalue weighted by atomic mass is 10.1. The Labute approximate surface area is 263 Å². The maximum Gasteiger partial charge on any atom is 0.272 e. The third-order valence-electron chi connectivity index (χ3n) is 5.96. The molecule has 1 unspecified atom stereocenters. The lowest BCUT2D eigenvalue weighted by Crippen LogP contribution is -2.30. The molecule has 4 rings (SSSR count). The Kier molecular flexibility index (Phi) is 10.7. The minimum absolute atomic E-state index is 0.0429. The van der Waals surface area contributed by atoms with Crippen molar-refractivity contribution in [1.82, 2.24) is 5.32 Å². The van der Waals surface area contributed by atoms with E-state index in [4.69, 9.17) is 23.2 Å². The van der Waals surface area contributed by atoms with Crippen molar-refractivity contribution in [3.8, 4) is 0 Å². The molecular weight excluding hydrogens is 641 g/mol. The number of anilines is 2. The Bertz CT molecular complexity index is 1730. The predicted molar refractivity (Wildman–Crippen MR) is 164 cm³/mol. The van der Waals surface area contributed by atoms with Gasteiger partial charge in [0, 0.05) is 22.2 Å². The third kappa shape index (κ3) is 7.98. The van der Waals surface area contributed by atoms with Crippen LogP contribution in [0.2, 0.25) is 10.0 Å². The zero-order chi connectivity index (χ0) is 32.0. The second-order valence-corrected chi connectivity index (χ2v) is 11.3. The van der Waals surface area contributed by atoms with E-state index in [1.165, 1.54) is 25.1 Å². The number of hydrogen-bond acceptors (Lipinski definition) is 4. The normalized spacial score (nSPS) is 11.9. The molecule has 44 heavy (non-hydrogen) atoms. The maximum atomic E-state index is 13.9. The van der Waals surface area contributed by atoms with Crippen LogP contribution >= 0.6 is 35.0 Å². The van der Waals surface area contributed by atoms with E-state index in [1.54, 1.807) is 60.7 Å². The molecule has 0 aliphatic carbocycles. The second kappa shape index (κ2) is 14.4. The topological polar surface area (TPSA) is 87.3 Å². The van der Waals surface area contributed by atoms with Crippen molar-refractivity contribution in [3.63, 3.8) is 0 Å². The SMILES string of the molecule is CC(Sc1ccc(NC(=O)/C(=C/c2cccc(Cl)c2Cl)NC(=O)c2ccccc2)cc1)C(=O)Nc1c(F)c(F)cc(F)c1F. The minimum atomic E-state index is -1.72. The Morgan fingerprint density at radius 1 is 0.818 bits per heavy atom. The monoisotopic (exact) mass is 661 g/mol. The van der Waals surface area contributed by atoms with Crippen molar-refractivity contribution in [2.45, 2.75) is 17.1 Å². The van der Waals surface area contributed by atoms with Gasteiger partial charge in [-0.1, -0.05) is 53.5 Å². The van der Waals surface area contributed by atoms with Crippen molar-refractivity contribution in [1.29, 1.82) is 0 Å². The first-order valence-corrected chi connectivity index (χ1v) is 14.3. The van der Waals surface area contributed by atoms with E-state index in [-0.39, 0.29) is 21.8 Å². The smallest absolute Gasteiger partial charge is 0.272 e. The van der Waals surface area contributed by atoms with Crippen molar-refractivity contribution < 1.29 is 31.9 Å². The molecule has 6 nitrogen and oxygen atoms in total. The van der Waals surface area contributed by atoms with Crippen LogP contribution < -0.4 is 16.0 Å². The number of benzene rings is 4. The average Bonchev–Trinajstić information content (AvgIpc) is 3.01. The molecule has 226 valence electrons. The number of halogens is 6. The Morgan fingerprint density at radius 3 is 2.09 bits per heavy atom. The highest BCUT2D eigenvalue weighted by atomic mass is 35.5. The van der Waals surface area contributed by atoms with Gasteiger partial charge in [-0.05, 0) is 61.0 Å². The van der Waals surface area contributed by atoms with Crippen LogP contribution in [0.25, 0.3) is 6.08 Å². The Hall–Kier alpha value is -4.32. The van der Waals surface area contributed by atoms with Gasteiger partial charge in [0.2, 0.25) is 5.91 Å². The molecule has 3 amide bonds. The minimum Gasteiger partial charge on any atom is -0.321 e. The van der Waals surface area contributed by atoms with Crippen LogP contribution in [-0.4, -0.2) is 23.0 Å². The molecule has 4 aromatic rings. The van der Waals surface area contributed by atoms with Gasteiger partial charge in [-0.15, -0.1) is 11.8 Å². The fourth-order valence-electron chi connectivity index (χ4n) is 3.71. The van der Waals surface area contributed by atoms with Gasteiger partial charge in [0.05, 0.1) is 15.3 Å². The zero-order valence-electron chi connectivity index (χ0n) is 22.6. The molecule has 0 bridgehead atoms. The van der Waals surface area contributed by atoms with Gasteiger partial charge < -0.3 is 16.0 Å². The summed E-state index contributed by atoms with van der Waals surface area (Å²) in [6.45, 7) is 1.43. The quantitative estimate of drug-likeness (QED) is 0.0733. The molecule has 1 atom stereocenters. The average molecular weight is 662 g/mol. The summed E-state index contributed by atoms with van der Waals surface area (Å²) >= 11 is 13.4. The number of amides is 3. The summed E-state index contributed by atoms with van der Waals surface area (Å²) in [4.78, 5) is 39.1. The highest BCUT2D eigenvalue weighted by molar-refractivity contribution is 8.00. The predicted octanol–water partition coefficient (Wildman–Crippen LogP) is 8.08. The summed E-state index contributed by atoms with van der Waals surface area (Å²) in [6, 6.07) is 19.3. The van der Waals surface area contributed by atoms with Crippen LogP contribution in [0.5, 0.6) is 0 Å². The summed E-state index contributed by atoms with van der Waals surface area (Å²) < 4.78 is 54.8. The van der Waals surface area contributed by atoms with Crippen molar-refractivity contribution in [2.75, 3.05) is 10.6 Å². The maximum absolute atomic E-state index is 13.9. The summed E-state index contributed by atoms with van der Waals surface area (Å²) in [6.07, 6.45) is 1.38. The summed E-state index contributed by atoms with van der Waals surface area (Å²) in [5.74, 6) is -8.86. The van der Waals surface area contributed by atoms with Crippen LogP contribution in [-0.2, 0) is 9.59 Å². The molecule has 0 aliphatic heterocycles. The molecule has 0 saturated heterocycles. The summed E-state index contributed by atoms with van der Waals surface area (Å²) in [5, 5.41) is 6.64. The Balaban J connectivity index is 1.47. The Morgan fingerprint density at radius 2 is 1.45 bits per heavy atom. The van der Waals surface area contributed by atoms with Gasteiger partial charge in [0.25, 0.3) is 11.8 Å². The molecule has 0 saturated carbocycles. The number of hydrogen-bond donors (Lipinski definition) is 3. The zero-order valence-corrected chi connectivity index (χ0v) is 24.9. The van der Waals surface area contributed by atoms with Gasteiger partial charge in [-0.3, -0.25) is 14.4 Å². The van der Waals surface area contributed by atoms with Crippen LogP contribution in [0, 0.1) is 23.3 Å². The van der Waals surface area contributed by atoms with E-state index in [1.807, 2.05) is 5.32 Å². The van der Waals surface area contributed by atoms with Gasteiger partial charge in [0.15, 0.2) is 23.3 Å². The fourth-order valence-corrected chi connectivity index (χ4v) is 4.94. The van der Waals surface area contributed by atoms with E-state index in [0.29, 0.717) is 21.7 Å². The largest absolute Gasteiger partial charge is 0.321 e. The van der Waals surface area contributed by atoms with Crippen LogP contribution in [0.15, 0.2) is 89.5 Å². The highest BCUT2D eigenvalue weighted by Crippen LogP contribution is 2.29. The molecule has 0 radical (unpaired) electrons. The van der Waals surface area contributed by atoms with E-state index < -0.39 is 51.9 Å². The lowest BCUT2D eigenvalue weighted by Gasteiger charge is -2.14. The van der Waals surface area contributed by atoms with E-state index in [9.17, 15) is 31.9 Å². The first-order valence-electron chi connectivity index (χ1n) is 12.7. The lowest BCUT2D eigenvalue weighted by molar-refractivity contribution is -0.115. The van der Waals surface area contributed by atoms with Crippen LogP contribution in [0.4, 0.5) is 28.9 Å². The molecule has 13 heteroatoms. The molecule has 0 heterocycles. The molecular formula is C31H21Cl2F4N3O3S. The van der Waals surface area contributed by atoms with Crippen molar-refractivity contribution in [2.24, 2.45) is 0 Å². The second-order valence-electron chi connectivity index (χ2n) is 9.09. The number of carbonyl (C=O) groups is 3. The number of nitrogens with one attached hydrogen (secondary N) is 3. The number of rotatable bonds is 9. The van der Waals surface area contributed by atoms with Crippen molar-refractivity contribution >= 4 is 70.1 Å². The van der Waals surface area contributed by atoms with E-state index >= 15 is 0 Å². The standard InChI is InChI=1S/C31H21Cl2F4N3O3S/c1-16(29(41)40-28-26(36)22(34)15-23(35)27(28)37)44-20-12-10-19(11-13-20)38-31(43)24(14-18-8-5-9-21(32)25(18)33)39-30(42)17-6-3-2-4-7-17/h2-16H,1H3,(H,38,43)(H,39,42)(H,40,41)/b24-14-. The molecule has 0 spiro atoms. The third-order valence-corrected chi connectivity index (χ3v) is 7.91. The van der Waals surface area contributed by atoms with Crippen LogP contribution in [0.3, 0.4) is 0 Å². The van der Waals surface area contributed by atoms with Crippen molar-refractivity contribution in [3.05, 3.63) is 129 Å². The van der Waals surface area contributed by atoms with Gasteiger partial charge in [-0.25, -0.2) is 17.6 Å². The molecule has 0 aromatic heterocycles. The first-order chi connectivity index (χ1) is 20.9. The van der Waals surface area contributed by atoms with E-state index in [2.05, 4.69) is 10.6 Å². The molecule has 0 fully saturated rings. The number of carbonyl (C=O) groups excluding carboxylic acids is 3. The molecule has 3 N–H and O–H groups in total. The summed E-state index contributed by atoms with van der Waals surface area (Å²) in [7, 11) is 0. The molecule has 0 aliphatic rings. The van der Waals surface area contributed by atoms with Gasteiger partial charge in [-0.2, -0.15) is 0 Å². The first kappa shape index (κ1) is 32.6. The fraction of sp³-hybridized carbons (Fsp3) is 0.0645.